The number of hydrogen-bond donors (Lipinski definition) is 1. The summed E-state index contributed by atoms with van der Waals surface area (Å²) in [6.45, 7) is 6.74. The molecule has 1 aliphatic carbocycles. The average molecular weight is 290 g/mol. The van der Waals surface area contributed by atoms with Gasteiger partial charge in [0.25, 0.3) is 0 Å². The van der Waals surface area contributed by atoms with Gasteiger partial charge < -0.3 is 14.6 Å². The number of amides is 1. The lowest BCUT2D eigenvalue weighted by atomic mass is 9.85. The summed E-state index contributed by atoms with van der Waals surface area (Å²) < 4.78 is 5.85. The van der Waals surface area contributed by atoms with Crippen LogP contribution in [0.5, 0.6) is 0 Å². The molecule has 1 aromatic heterocycles. The van der Waals surface area contributed by atoms with E-state index < -0.39 is 0 Å². The number of hydrogen-bond acceptors (Lipinski definition) is 3. The van der Waals surface area contributed by atoms with Crippen molar-refractivity contribution < 1.29 is 9.21 Å². The van der Waals surface area contributed by atoms with Gasteiger partial charge in [0, 0.05) is 19.0 Å². The van der Waals surface area contributed by atoms with Gasteiger partial charge in [0.15, 0.2) is 0 Å². The Morgan fingerprint density at radius 3 is 2.81 bits per heavy atom. The molecule has 0 spiro atoms. The number of carbonyl (C=O) groups is 1. The van der Waals surface area contributed by atoms with E-state index in [1.54, 1.807) is 0 Å². The Balaban J connectivity index is 1.55. The highest BCUT2D eigenvalue weighted by molar-refractivity contribution is 5.76. The van der Waals surface area contributed by atoms with E-state index >= 15 is 0 Å². The average Bonchev–Trinajstić information content (AvgIpc) is 3.19. The summed E-state index contributed by atoms with van der Waals surface area (Å²) in [6.07, 6.45) is 5.27. The van der Waals surface area contributed by atoms with Gasteiger partial charge in [-0.3, -0.25) is 4.79 Å². The Labute approximate surface area is 126 Å². The van der Waals surface area contributed by atoms with Gasteiger partial charge in [0.05, 0.1) is 13.1 Å². The molecule has 1 N–H and O–H groups in total. The Morgan fingerprint density at radius 2 is 2.05 bits per heavy atom. The third-order valence-corrected chi connectivity index (χ3v) is 4.63. The van der Waals surface area contributed by atoms with Crippen molar-refractivity contribution in [2.45, 2.75) is 65.1 Å². The van der Waals surface area contributed by atoms with Crippen LogP contribution in [-0.4, -0.2) is 23.4 Å². The molecule has 0 bridgehead atoms. The van der Waals surface area contributed by atoms with Crippen molar-refractivity contribution in [2.24, 2.45) is 5.41 Å². The molecule has 116 valence electrons. The lowest BCUT2D eigenvalue weighted by Crippen LogP contribution is -2.29. The summed E-state index contributed by atoms with van der Waals surface area (Å²) in [5, 5.41) is 3.45. The Bertz CT molecular complexity index is 503. The van der Waals surface area contributed by atoms with Gasteiger partial charge in [-0.05, 0) is 43.2 Å². The molecule has 0 atom stereocenters. The van der Waals surface area contributed by atoms with E-state index in [1.807, 2.05) is 17.0 Å². The zero-order valence-corrected chi connectivity index (χ0v) is 13.2. The summed E-state index contributed by atoms with van der Waals surface area (Å²) in [5.41, 5.74) is 0.271. The predicted molar refractivity (Wildman–Crippen MR) is 81.6 cm³/mol. The second-order valence-electron chi connectivity index (χ2n) is 7.25. The fourth-order valence-corrected chi connectivity index (χ4v) is 2.78. The standard InChI is InChI=1S/C17H26N2O2/c1-17(2)8-7-16(20)19(10-9-17)12-15-6-5-14(21-15)11-18-13-3-4-13/h5-6,13,18H,3-4,7-12H2,1-2H3. The summed E-state index contributed by atoms with van der Waals surface area (Å²) in [7, 11) is 0. The predicted octanol–water partition coefficient (Wildman–Crippen LogP) is 3.07. The summed E-state index contributed by atoms with van der Waals surface area (Å²) in [4.78, 5) is 14.2. The second kappa shape index (κ2) is 5.84. The molecule has 0 radical (unpaired) electrons. The molecule has 2 fully saturated rings. The van der Waals surface area contributed by atoms with Crippen molar-refractivity contribution in [3.8, 4) is 0 Å². The second-order valence-corrected chi connectivity index (χ2v) is 7.25. The van der Waals surface area contributed by atoms with E-state index in [0.29, 0.717) is 19.0 Å². The topological polar surface area (TPSA) is 45.5 Å². The zero-order chi connectivity index (χ0) is 14.9. The van der Waals surface area contributed by atoms with Gasteiger partial charge in [-0.1, -0.05) is 13.8 Å². The Morgan fingerprint density at radius 1 is 1.29 bits per heavy atom. The molecular weight excluding hydrogens is 264 g/mol. The summed E-state index contributed by atoms with van der Waals surface area (Å²) in [5.74, 6) is 2.13. The van der Waals surface area contributed by atoms with Crippen molar-refractivity contribution in [1.29, 1.82) is 0 Å². The molecule has 0 aromatic carbocycles. The third-order valence-electron chi connectivity index (χ3n) is 4.63. The number of likely N-dealkylation sites (tertiary alicyclic amines) is 1. The molecule has 1 saturated carbocycles. The number of furan rings is 1. The van der Waals surface area contributed by atoms with Gasteiger partial charge in [0.2, 0.25) is 5.91 Å². The highest BCUT2D eigenvalue weighted by Crippen LogP contribution is 2.31. The van der Waals surface area contributed by atoms with Crippen LogP contribution in [-0.2, 0) is 17.9 Å². The van der Waals surface area contributed by atoms with Crippen LogP contribution in [0.2, 0.25) is 0 Å². The highest BCUT2D eigenvalue weighted by Gasteiger charge is 2.28. The third kappa shape index (κ3) is 4.10. The lowest BCUT2D eigenvalue weighted by Gasteiger charge is -2.22. The van der Waals surface area contributed by atoms with Crippen LogP contribution in [0.4, 0.5) is 0 Å². The smallest absolute Gasteiger partial charge is 0.222 e. The minimum absolute atomic E-state index is 0.259. The first-order chi connectivity index (χ1) is 10.0. The van der Waals surface area contributed by atoms with E-state index in [-0.39, 0.29) is 11.3 Å². The molecule has 4 heteroatoms. The minimum Gasteiger partial charge on any atom is -0.463 e. The highest BCUT2D eigenvalue weighted by atomic mass is 16.3. The quantitative estimate of drug-likeness (QED) is 0.906. The fraction of sp³-hybridized carbons (Fsp3) is 0.706. The Hall–Kier alpha value is -1.29. The molecule has 0 unspecified atom stereocenters. The molecule has 1 saturated heterocycles. The van der Waals surface area contributed by atoms with Gasteiger partial charge in [0.1, 0.15) is 11.5 Å². The van der Waals surface area contributed by atoms with Crippen molar-refractivity contribution in [2.75, 3.05) is 6.54 Å². The van der Waals surface area contributed by atoms with Crippen LogP contribution in [0.3, 0.4) is 0 Å². The van der Waals surface area contributed by atoms with E-state index in [4.69, 9.17) is 4.42 Å². The van der Waals surface area contributed by atoms with Crippen LogP contribution < -0.4 is 5.32 Å². The molecule has 2 aliphatic rings. The molecule has 1 aromatic rings. The lowest BCUT2D eigenvalue weighted by molar-refractivity contribution is -0.131. The van der Waals surface area contributed by atoms with Crippen LogP contribution in [0.15, 0.2) is 16.5 Å². The first-order valence-corrected chi connectivity index (χ1v) is 8.11. The molecule has 3 rings (SSSR count). The monoisotopic (exact) mass is 290 g/mol. The first kappa shape index (κ1) is 14.6. The fourth-order valence-electron chi connectivity index (χ4n) is 2.78. The molecule has 2 heterocycles. The van der Waals surface area contributed by atoms with Crippen molar-refractivity contribution >= 4 is 5.91 Å². The zero-order valence-electron chi connectivity index (χ0n) is 13.2. The van der Waals surface area contributed by atoms with Crippen molar-refractivity contribution in [3.63, 3.8) is 0 Å². The number of nitrogens with zero attached hydrogens (tertiary/aromatic N) is 1. The van der Waals surface area contributed by atoms with E-state index in [1.165, 1.54) is 12.8 Å². The van der Waals surface area contributed by atoms with Crippen LogP contribution >= 0.6 is 0 Å². The van der Waals surface area contributed by atoms with E-state index in [0.717, 1.165) is 37.5 Å². The maximum Gasteiger partial charge on any atom is 0.222 e. The van der Waals surface area contributed by atoms with E-state index in [9.17, 15) is 4.79 Å². The van der Waals surface area contributed by atoms with Crippen molar-refractivity contribution in [3.05, 3.63) is 23.7 Å². The number of carbonyl (C=O) groups excluding carboxylic acids is 1. The first-order valence-electron chi connectivity index (χ1n) is 8.11. The SMILES string of the molecule is CC1(C)CCC(=O)N(Cc2ccc(CNC3CC3)o2)CC1. The summed E-state index contributed by atoms with van der Waals surface area (Å²) in [6, 6.07) is 4.72. The van der Waals surface area contributed by atoms with Gasteiger partial charge in [-0.2, -0.15) is 0 Å². The van der Waals surface area contributed by atoms with Gasteiger partial charge in [-0.15, -0.1) is 0 Å². The number of rotatable bonds is 5. The molecular formula is C17H26N2O2. The van der Waals surface area contributed by atoms with Crippen LogP contribution in [0.1, 0.15) is 57.5 Å². The summed E-state index contributed by atoms with van der Waals surface area (Å²) >= 11 is 0. The largest absolute Gasteiger partial charge is 0.463 e. The van der Waals surface area contributed by atoms with E-state index in [2.05, 4.69) is 19.2 Å². The minimum atomic E-state index is 0.259. The molecule has 21 heavy (non-hydrogen) atoms. The normalized spacial score (nSPS) is 22.4. The van der Waals surface area contributed by atoms with Crippen LogP contribution in [0.25, 0.3) is 0 Å². The molecule has 4 nitrogen and oxygen atoms in total. The van der Waals surface area contributed by atoms with Crippen molar-refractivity contribution in [1.82, 2.24) is 10.2 Å². The number of nitrogens with one attached hydrogen (secondary N) is 1. The van der Waals surface area contributed by atoms with Gasteiger partial charge >= 0.3 is 0 Å². The molecule has 1 amide bonds. The Kier molecular flexibility index (Phi) is 4.07. The van der Waals surface area contributed by atoms with Gasteiger partial charge in [-0.25, -0.2) is 0 Å². The van der Waals surface area contributed by atoms with Crippen LogP contribution in [0, 0.1) is 5.41 Å². The maximum absolute atomic E-state index is 12.2. The molecule has 1 aliphatic heterocycles. The maximum atomic E-state index is 12.2.